The molecule has 0 unspecified atom stereocenters. The highest BCUT2D eigenvalue weighted by Crippen LogP contribution is 2.21. The first kappa shape index (κ1) is 19.6. The molecule has 0 aliphatic heterocycles. The molecule has 146 valence electrons. The topological polar surface area (TPSA) is 72.6 Å². The van der Waals surface area contributed by atoms with E-state index in [2.05, 4.69) is 23.6 Å². The van der Waals surface area contributed by atoms with Crippen LogP contribution in [0.4, 0.5) is 0 Å². The summed E-state index contributed by atoms with van der Waals surface area (Å²) >= 11 is 0. The molecule has 28 heavy (non-hydrogen) atoms. The molecular formula is C22H24N2O4. The Kier molecular flexibility index (Phi) is 6.09. The van der Waals surface area contributed by atoms with Gasteiger partial charge in [-0.05, 0) is 29.2 Å². The van der Waals surface area contributed by atoms with Gasteiger partial charge >= 0.3 is 5.97 Å². The van der Waals surface area contributed by atoms with Crippen LogP contribution in [0.1, 0.15) is 47.0 Å². The van der Waals surface area contributed by atoms with Crippen molar-refractivity contribution in [2.45, 2.75) is 26.8 Å². The van der Waals surface area contributed by atoms with Gasteiger partial charge in [0.15, 0.2) is 5.69 Å². The zero-order chi connectivity index (χ0) is 20.1. The Bertz CT molecular complexity index is 972. The fourth-order valence-electron chi connectivity index (χ4n) is 2.99. The second-order valence-electron chi connectivity index (χ2n) is 7.05. The van der Waals surface area contributed by atoms with Crippen molar-refractivity contribution in [1.29, 1.82) is 0 Å². The minimum atomic E-state index is -0.566. The van der Waals surface area contributed by atoms with Crippen molar-refractivity contribution < 1.29 is 18.7 Å². The Labute approximate surface area is 164 Å². The molecule has 3 rings (SSSR count). The van der Waals surface area contributed by atoms with Gasteiger partial charge in [-0.25, -0.2) is 9.78 Å². The Morgan fingerprint density at radius 1 is 1.14 bits per heavy atom. The molecule has 0 atom stereocenters. The molecule has 3 aromatic rings. The van der Waals surface area contributed by atoms with Crippen LogP contribution in [0.3, 0.4) is 0 Å². The van der Waals surface area contributed by atoms with Gasteiger partial charge in [-0.2, -0.15) is 0 Å². The Balaban J connectivity index is 1.89. The Morgan fingerprint density at radius 2 is 1.89 bits per heavy atom. The summed E-state index contributed by atoms with van der Waals surface area (Å²) < 4.78 is 10.0. The number of hydrogen-bond donors (Lipinski definition) is 0. The molecule has 2 aromatic carbocycles. The summed E-state index contributed by atoms with van der Waals surface area (Å²) in [6.45, 7) is 4.98. The van der Waals surface area contributed by atoms with Crippen molar-refractivity contribution in [1.82, 2.24) is 9.88 Å². The predicted molar refractivity (Wildman–Crippen MR) is 106 cm³/mol. The zero-order valence-electron chi connectivity index (χ0n) is 16.3. The number of carbonyl (C=O) groups excluding carboxylic acids is 2. The smallest absolute Gasteiger partial charge is 0.360 e. The lowest BCUT2D eigenvalue weighted by Crippen LogP contribution is -2.32. The number of ether oxygens (including phenoxy) is 1. The lowest BCUT2D eigenvalue weighted by molar-refractivity contribution is 0.0594. The first-order chi connectivity index (χ1) is 13.5. The first-order valence-electron chi connectivity index (χ1n) is 9.29. The van der Waals surface area contributed by atoms with Gasteiger partial charge < -0.3 is 14.1 Å². The molecule has 0 aliphatic carbocycles. The third-order valence-corrected chi connectivity index (χ3v) is 4.56. The number of rotatable bonds is 7. The van der Waals surface area contributed by atoms with Crippen molar-refractivity contribution in [3.8, 4) is 0 Å². The highest BCUT2D eigenvalue weighted by Gasteiger charge is 2.21. The quantitative estimate of drug-likeness (QED) is 0.571. The number of fused-ring (bicyclic) bond motifs is 1. The van der Waals surface area contributed by atoms with Crippen molar-refractivity contribution in [2.75, 3.05) is 13.7 Å². The highest BCUT2D eigenvalue weighted by atomic mass is 16.5. The van der Waals surface area contributed by atoms with Crippen LogP contribution in [0.5, 0.6) is 0 Å². The molecule has 1 amide bonds. The maximum absolute atomic E-state index is 13.3. The number of methoxy groups -OCH3 is 1. The van der Waals surface area contributed by atoms with Gasteiger partial charge in [0.2, 0.25) is 5.89 Å². The Morgan fingerprint density at radius 3 is 2.64 bits per heavy atom. The molecule has 0 bridgehead atoms. The summed E-state index contributed by atoms with van der Waals surface area (Å²) in [4.78, 5) is 30.8. The number of esters is 1. The minimum Gasteiger partial charge on any atom is -0.464 e. The predicted octanol–water partition coefficient (Wildman–Crippen LogP) is 4.30. The molecule has 0 radical (unpaired) electrons. The van der Waals surface area contributed by atoms with E-state index in [1.165, 1.54) is 13.4 Å². The number of carbonyl (C=O) groups is 2. The van der Waals surface area contributed by atoms with Gasteiger partial charge in [-0.1, -0.05) is 50.2 Å². The number of hydrogen-bond acceptors (Lipinski definition) is 5. The number of oxazole rings is 1. The summed E-state index contributed by atoms with van der Waals surface area (Å²) in [6.07, 6.45) is 2.10. The molecule has 6 nitrogen and oxygen atoms in total. The summed E-state index contributed by atoms with van der Waals surface area (Å²) in [5.74, 6) is 0.0927. The fraction of sp³-hybridized carbons (Fsp3) is 0.318. The van der Waals surface area contributed by atoms with Gasteiger partial charge in [0.1, 0.15) is 6.26 Å². The molecular weight excluding hydrogens is 356 g/mol. The van der Waals surface area contributed by atoms with E-state index in [4.69, 9.17) is 4.42 Å². The largest absolute Gasteiger partial charge is 0.464 e. The standard InChI is InChI=1S/C22H24N2O4/c1-15(2)11-12-24(13-20-23-19(14-28-20)22(26)27-3)21(25)18-10-6-8-16-7-4-5-9-17(16)18/h4-10,14-15H,11-13H2,1-3H3. The second-order valence-corrected chi connectivity index (χ2v) is 7.05. The number of nitrogens with zero attached hydrogens (tertiary/aromatic N) is 2. The van der Waals surface area contributed by atoms with E-state index in [9.17, 15) is 9.59 Å². The van der Waals surface area contributed by atoms with Gasteiger partial charge in [0, 0.05) is 12.1 Å². The van der Waals surface area contributed by atoms with E-state index >= 15 is 0 Å². The molecule has 1 heterocycles. The van der Waals surface area contributed by atoms with Gasteiger partial charge in [0.25, 0.3) is 5.91 Å². The molecule has 0 N–H and O–H groups in total. The normalized spacial score (nSPS) is 11.0. The van der Waals surface area contributed by atoms with Gasteiger partial charge in [0.05, 0.1) is 13.7 Å². The maximum Gasteiger partial charge on any atom is 0.360 e. The molecule has 6 heteroatoms. The molecule has 0 saturated heterocycles. The van der Waals surface area contributed by atoms with Gasteiger partial charge in [-0.3, -0.25) is 4.79 Å². The molecule has 0 fully saturated rings. The average molecular weight is 380 g/mol. The van der Waals surface area contributed by atoms with Crippen LogP contribution in [-0.4, -0.2) is 35.4 Å². The molecule has 0 saturated carbocycles. The van der Waals surface area contributed by atoms with Crippen LogP contribution in [0, 0.1) is 5.92 Å². The minimum absolute atomic E-state index is 0.0877. The third-order valence-electron chi connectivity index (χ3n) is 4.56. The number of benzene rings is 2. The van der Waals surface area contributed by atoms with Crippen LogP contribution >= 0.6 is 0 Å². The zero-order valence-corrected chi connectivity index (χ0v) is 16.3. The summed E-state index contributed by atoms with van der Waals surface area (Å²) in [6, 6.07) is 13.5. The molecule has 1 aromatic heterocycles. The Hall–Kier alpha value is -3.15. The fourth-order valence-corrected chi connectivity index (χ4v) is 2.99. The van der Waals surface area contributed by atoms with E-state index in [-0.39, 0.29) is 18.1 Å². The summed E-state index contributed by atoms with van der Waals surface area (Å²) in [7, 11) is 1.29. The van der Waals surface area contributed by atoms with E-state index in [1.54, 1.807) is 4.90 Å². The molecule has 0 spiro atoms. The van der Waals surface area contributed by atoms with Crippen molar-refractivity contribution in [3.05, 3.63) is 65.9 Å². The van der Waals surface area contributed by atoms with E-state index < -0.39 is 5.97 Å². The van der Waals surface area contributed by atoms with Crippen molar-refractivity contribution >= 4 is 22.6 Å². The number of amides is 1. The van der Waals surface area contributed by atoms with Crippen LogP contribution in [0.25, 0.3) is 10.8 Å². The van der Waals surface area contributed by atoms with Crippen LogP contribution in [-0.2, 0) is 11.3 Å². The van der Waals surface area contributed by atoms with Crippen molar-refractivity contribution in [2.24, 2.45) is 5.92 Å². The first-order valence-corrected chi connectivity index (χ1v) is 9.29. The van der Waals surface area contributed by atoms with Crippen LogP contribution in [0.15, 0.2) is 53.1 Å². The van der Waals surface area contributed by atoms with E-state index in [0.29, 0.717) is 23.9 Å². The van der Waals surface area contributed by atoms with E-state index in [0.717, 1.165) is 17.2 Å². The summed E-state index contributed by atoms with van der Waals surface area (Å²) in [5.41, 5.74) is 0.737. The average Bonchev–Trinajstić information content (AvgIpc) is 3.18. The summed E-state index contributed by atoms with van der Waals surface area (Å²) in [5, 5.41) is 1.92. The van der Waals surface area contributed by atoms with Gasteiger partial charge in [-0.15, -0.1) is 0 Å². The maximum atomic E-state index is 13.3. The van der Waals surface area contributed by atoms with Crippen LogP contribution in [0.2, 0.25) is 0 Å². The second kappa shape index (κ2) is 8.69. The lowest BCUT2D eigenvalue weighted by atomic mass is 10.0. The molecule has 0 aliphatic rings. The SMILES string of the molecule is COC(=O)c1coc(CN(CCC(C)C)C(=O)c2cccc3ccccc23)n1. The van der Waals surface area contributed by atoms with Crippen molar-refractivity contribution in [3.63, 3.8) is 0 Å². The van der Waals surface area contributed by atoms with Crippen LogP contribution < -0.4 is 0 Å². The monoisotopic (exact) mass is 380 g/mol. The number of aromatic nitrogens is 1. The van der Waals surface area contributed by atoms with E-state index in [1.807, 2.05) is 42.5 Å². The third kappa shape index (κ3) is 4.39. The highest BCUT2D eigenvalue weighted by molar-refractivity contribution is 6.07. The lowest BCUT2D eigenvalue weighted by Gasteiger charge is -2.23.